The number of hydrogen-bond acceptors (Lipinski definition) is 5. The Balaban J connectivity index is 1.71. The number of ether oxygens (including phenoxy) is 2. The number of carbonyl (C=O) groups is 1. The number of carbonyl (C=O) groups excluding carboxylic acids is 1. The van der Waals surface area contributed by atoms with Crippen LogP contribution in [0, 0.1) is 6.92 Å². The quantitative estimate of drug-likeness (QED) is 0.567. The first-order valence-corrected chi connectivity index (χ1v) is 8.93. The number of pyridine rings is 1. The van der Waals surface area contributed by atoms with Gasteiger partial charge in [-0.05, 0) is 44.2 Å². The molecule has 0 saturated carbocycles. The molecular weight excluding hydrogens is 398 g/mol. The maximum atomic E-state index is 12.3. The summed E-state index contributed by atoms with van der Waals surface area (Å²) in [5.74, 6) is 0.160. The first kappa shape index (κ1) is 18.1. The van der Waals surface area contributed by atoms with Crippen LogP contribution in [0.2, 0.25) is 0 Å². The summed E-state index contributed by atoms with van der Waals surface area (Å²) in [7, 11) is 0. The fourth-order valence-electron chi connectivity index (χ4n) is 2.39. The Hall–Kier alpha value is -2.67. The largest absolute Gasteiger partial charge is 0.492 e. The van der Waals surface area contributed by atoms with E-state index in [0.717, 1.165) is 15.9 Å². The van der Waals surface area contributed by atoms with Gasteiger partial charge in [0.05, 0.1) is 24.1 Å². The van der Waals surface area contributed by atoms with Gasteiger partial charge in [-0.1, -0.05) is 22.0 Å². The van der Waals surface area contributed by atoms with Gasteiger partial charge in [-0.25, -0.2) is 9.48 Å². The molecular formula is C19H18BrN3O3. The van der Waals surface area contributed by atoms with Crippen molar-refractivity contribution in [1.29, 1.82) is 0 Å². The van der Waals surface area contributed by atoms with Crippen LogP contribution in [-0.2, 0) is 11.3 Å². The van der Waals surface area contributed by atoms with Gasteiger partial charge in [0, 0.05) is 16.4 Å². The Kier molecular flexibility index (Phi) is 5.68. The zero-order valence-electron chi connectivity index (χ0n) is 14.5. The molecule has 0 aliphatic carbocycles. The number of aromatic nitrogens is 3. The summed E-state index contributed by atoms with van der Waals surface area (Å²) >= 11 is 3.42. The number of benzene rings is 1. The second-order valence-corrected chi connectivity index (χ2v) is 6.48. The van der Waals surface area contributed by atoms with Crippen LogP contribution in [0.4, 0.5) is 0 Å². The van der Waals surface area contributed by atoms with Crippen LogP contribution in [0.15, 0.2) is 53.3 Å². The van der Waals surface area contributed by atoms with Crippen LogP contribution >= 0.6 is 15.9 Å². The third-order valence-corrected chi connectivity index (χ3v) is 4.10. The maximum Gasteiger partial charge on any atom is 0.341 e. The molecule has 134 valence electrons. The summed E-state index contributed by atoms with van der Waals surface area (Å²) < 4.78 is 13.5. The van der Waals surface area contributed by atoms with Crippen LogP contribution in [0.3, 0.4) is 0 Å². The fraction of sp³-hybridized carbons (Fsp3) is 0.211. The van der Waals surface area contributed by atoms with E-state index in [1.165, 1.54) is 6.20 Å². The van der Waals surface area contributed by atoms with Crippen LogP contribution in [0.5, 0.6) is 5.75 Å². The lowest BCUT2D eigenvalue weighted by atomic mass is 10.3. The topological polar surface area (TPSA) is 66.2 Å². The zero-order valence-corrected chi connectivity index (χ0v) is 16.1. The zero-order chi connectivity index (χ0) is 18.5. The van der Waals surface area contributed by atoms with E-state index in [0.29, 0.717) is 23.6 Å². The van der Waals surface area contributed by atoms with E-state index in [4.69, 9.17) is 9.47 Å². The molecule has 2 heterocycles. The van der Waals surface area contributed by atoms with E-state index >= 15 is 0 Å². The second kappa shape index (κ2) is 8.14. The number of esters is 1. The lowest BCUT2D eigenvalue weighted by Crippen LogP contribution is -2.08. The van der Waals surface area contributed by atoms with E-state index in [-0.39, 0.29) is 6.61 Å². The van der Waals surface area contributed by atoms with E-state index < -0.39 is 5.97 Å². The van der Waals surface area contributed by atoms with E-state index in [1.807, 2.05) is 50.2 Å². The van der Waals surface area contributed by atoms with Crippen molar-refractivity contribution >= 4 is 21.9 Å². The summed E-state index contributed by atoms with van der Waals surface area (Å²) in [6.07, 6.45) is 3.12. The summed E-state index contributed by atoms with van der Waals surface area (Å²) in [6.45, 7) is 4.33. The van der Waals surface area contributed by atoms with Gasteiger partial charge in [0.25, 0.3) is 0 Å². The van der Waals surface area contributed by atoms with Gasteiger partial charge in [-0.2, -0.15) is 5.10 Å². The first-order valence-electron chi connectivity index (χ1n) is 8.14. The molecule has 0 unspecified atom stereocenters. The number of aryl methyl sites for hydroxylation is 1. The van der Waals surface area contributed by atoms with Crippen molar-refractivity contribution in [2.24, 2.45) is 0 Å². The summed E-state index contributed by atoms with van der Waals surface area (Å²) in [6, 6.07) is 11.3. The summed E-state index contributed by atoms with van der Waals surface area (Å²) in [5.41, 5.74) is 2.65. The molecule has 0 bridgehead atoms. The minimum atomic E-state index is -0.461. The number of halogens is 1. The third kappa shape index (κ3) is 4.29. The van der Waals surface area contributed by atoms with Gasteiger partial charge in [0.15, 0.2) is 0 Å². The van der Waals surface area contributed by atoms with E-state index in [9.17, 15) is 4.79 Å². The molecule has 0 amide bonds. The average molecular weight is 416 g/mol. The minimum Gasteiger partial charge on any atom is -0.492 e. The number of hydrogen-bond donors (Lipinski definition) is 0. The molecule has 0 aliphatic rings. The van der Waals surface area contributed by atoms with Gasteiger partial charge in [0.2, 0.25) is 0 Å². The Morgan fingerprint density at radius 3 is 2.88 bits per heavy atom. The van der Waals surface area contributed by atoms with Crippen LogP contribution in [-0.4, -0.2) is 27.3 Å². The van der Waals surface area contributed by atoms with Gasteiger partial charge in [-0.15, -0.1) is 0 Å². The van der Waals surface area contributed by atoms with Crippen LogP contribution < -0.4 is 4.74 Å². The van der Waals surface area contributed by atoms with Gasteiger partial charge in [-0.3, -0.25) is 4.98 Å². The Morgan fingerprint density at radius 2 is 2.12 bits per heavy atom. The molecule has 0 fully saturated rings. The number of nitrogens with zero attached hydrogens (tertiary/aromatic N) is 3. The predicted octanol–water partition coefficient (Wildman–Crippen LogP) is 4.09. The molecule has 0 spiro atoms. The Labute approximate surface area is 159 Å². The van der Waals surface area contributed by atoms with Crippen LogP contribution in [0.25, 0.3) is 5.69 Å². The molecule has 3 rings (SSSR count). The minimum absolute atomic E-state index is 0.0396. The second-order valence-electron chi connectivity index (χ2n) is 5.56. The molecule has 7 heteroatoms. The van der Waals surface area contributed by atoms with E-state index in [2.05, 4.69) is 26.0 Å². The molecule has 1 aromatic carbocycles. The molecule has 0 radical (unpaired) electrons. The van der Waals surface area contributed by atoms with Crippen molar-refractivity contribution in [3.8, 4) is 11.4 Å². The van der Waals surface area contributed by atoms with E-state index in [1.54, 1.807) is 10.9 Å². The number of rotatable bonds is 6. The highest BCUT2D eigenvalue weighted by Crippen LogP contribution is 2.19. The first-order chi connectivity index (χ1) is 12.6. The standard InChI is InChI=1S/C19H18BrN3O3/c1-3-25-18-8-7-13(2)22-17(18)12-26-19(24)14-10-21-23(11-14)16-6-4-5-15(20)9-16/h4-11H,3,12H2,1-2H3. The lowest BCUT2D eigenvalue weighted by Gasteiger charge is -2.10. The molecule has 2 aromatic heterocycles. The molecule has 26 heavy (non-hydrogen) atoms. The van der Waals surface area contributed by atoms with Crippen molar-refractivity contribution < 1.29 is 14.3 Å². The highest BCUT2D eigenvalue weighted by Gasteiger charge is 2.14. The van der Waals surface area contributed by atoms with Crippen molar-refractivity contribution in [1.82, 2.24) is 14.8 Å². The van der Waals surface area contributed by atoms with Crippen molar-refractivity contribution in [3.63, 3.8) is 0 Å². The molecule has 0 saturated heterocycles. The normalized spacial score (nSPS) is 10.6. The summed E-state index contributed by atoms with van der Waals surface area (Å²) in [5, 5.41) is 4.22. The molecule has 3 aromatic rings. The highest BCUT2D eigenvalue weighted by atomic mass is 79.9. The Bertz CT molecular complexity index is 924. The molecule has 0 atom stereocenters. The van der Waals surface area contributed by atoms with Gasteiger partial charge >= 0.3 is 5.97 Å². The fourth-order valence-corrected chi connectivity index (χ4v) is 2.78. The highest BCUT2D eigenvalue weighted by molar-refractivity contribution is 9.10. The van der Waals surface area contributed by atoms with Crippen molar-refractivity contribution in [2.75, 3.05) is 6.61 Å². The molecule has 6 nitrogen and oxygen atoms in total. The van der Waals surface area contributed by atoms with Crippen LogP contribution in [0.1, 0.15) is 28.7 Å². The molecule has 0 aliphatic heterocycles. The maximum absolute atomic E-state index is 12.3. The van der Waals surface area contributed by atoms with Crippen molar-refractivity contribution in [3.05, 3.63) is 70.2 Å². The van der Waals surface area contributed by atoms with Gasteiger partial charge < -0.3 is 9.47 Å². The monoisotopic (exact) mass is 415 g/mol. The smallest absolute Gasteiger partial charge is 0.341 e. The average Bonchev–Trinajstić information content (AvgIpc) is 3.12. The van der Waals surface area contributed by atoms with Gasteiger partial charge in [0.1, 0.15) is 18.1 Å². The lowest BCUT2D eigenvalue weighted by molar-refractivity contribution is 0.0464. The molecule has 0 N–H and O–H groups in total. The Morgan fingerprint density at radius 1 is 1.27 bits per heavy atom. The van der Waals surface area contributed by atoms with Crippen molar-refractivity contribution in [2.45, 2.75) is 20.5 Å². The third-order valence-electron chi connectivity index (χ3n) is 3.60. The SMILES string of the molecule is CCOc1ccc(C)nc1COC(=O)c1cnn(-c2cccc(Br)c2)c1. The predicted molar refractivity (Wildman–Crippen MR) is 101 cm³/mol. The summed E-state index contributed by atoms with van der Waals surface area (Å²) in [4.78, 5) is 16.7.